The first-order chi connectivity index (χ1) is 7.79. The molecule has 0 radical (unpaired) electrons. The van der Waals surface area contributed by atoms with E-state index in [9.17, 15) is 18.0 Å². The molecule has 0 bridgehead atoms. The van der Waals surface area contributed by atoms with E-state index in [2.05, 4.69) is 0 Å². The number of nitrogens with zero attached hydrogens (tertiary/aromatic N) is 1. The molecule has 1 N–H and O–H groups in total. The van der Waals surface area contributed by atoms with E-state index in [1.165, 1.54) is 0 Å². The minimum atomic E-state index is -4.20. The zero-order valence-corrected chi connectivity index (χ0v) is 10.4. The van der Waals surface area contributed by atoms with Gasteiger partial charge in [0.1, 0.15) is 0 Å². The Balaban J connectivity index is 2.38. The molecule has 0 aliphatic carbocycles. The van der Waals surface area contributed by atoms with Crippen molar-refractivity contribution in [3.8, 4) is 0 Å². The van der Waals surface area contributed by atoms with E-state index in [4.69, 9.17) is 5.11 Å². The van der Waals surface area contributed by atoms with Crippen LogP contribution >= 0.6 is 11.8 Å². The molecule has 0 aromatic heterocycles. The highest BCUT2D eigenvalue weighted by Gasteiger charge is 2.43. The highest BCUT2D eigenvalue weighted by Crippen LogP contribution is 2.35. The molecule has 7 heteroatoms. The van der Waals surface area contributed by atoms with Crippen LogP contribution in [0.4, 0.5) is 13.2 Å². The molecule has 0 aromatic carbocycles. The molecule has 1 aliphatic heterocycles. The summed E-state index contributed by atoms with van der Waals surface area (Å²) in [7, 11) is 0. The van der Waals surface area contributed by atoms with Gasteiger partial charge in [0.05, 0.1) is 5.41 Å². The van der Waals surface area contributed by atoms with Gasteiger partial charge in [-0.2, -0.15) is 13.2 Å². The summed E-state index contributed by atoms with van der Waals surface area (Å²) >= 11 is -0.0525. The smallest absolute Gasteiger partial charge is 0.441 e. The Kier molecular flexibility index (Phi) is 4.71. The Hall–Kier alpha value is -0.430. The zero-order chi connectivity index (χ0) is 13.1. The number of carboxylic acids is 1. The molecule has 0 amide bonds. The van der Waals surface area contributed by atoms with E-state index in [0.29, 0.717) is 32.5 Å². The maximum Gasteiger partial charge on any atom is 0.441 e. The summed E-state index contributed by atoms with van der Waals surface area (Å²) in [6.45, 7) is 3.02. The van der Waals surface area contributed by atoms with Crippen LogP contribution in [0.5, 0.6) is 0 Å². The minimum absolute atomic E-state index is 0.0388. The van der Waals surface area contributed by atoms with Crippen LogP contribution < -0.4 is 0 Å². The van der Waals surface area contributed by atoms with Crippen LogP contribution in [0, 0.1) is 5.41 Å². The third-order valence-electron chi connectivity index (χ3n) is 3.24. The highest BCUT2D eigenvalue weighted by molar-refractivity contribution is 8.00. The topological polar surface area (TPSA) is 40.5 Å². The number of rotatable bonds is 5. The SMILES string of the molecule is CCC1(C(=O)O)CCN(CCSC(F)(F)F)C1. The number of thioether (sulfide) groups is 1. The summed E-state index contributed by atoms with van der Waals surface area (Å²) in [6.07, 6.45) is 1.04. The lowest BCUT2D eigenvalue weighted by Crippen LogP contribution is -2.34. The van der Waals surface area contributed by atoms with Gasteiger partial charge < -0.3 is 10.0 Å². The van der Waals surface area contributed by atoms with E-state index in [-0.39, 0.29) is 17.5 Å². The molecule has 1 heterocycles. The normalized spacial score (nSPS) is 26.4. The van der Waals surface area contributed by atoms with Crippen LogP contribution in [0.2, 0.25) is 0 Å². The molecule has 1 aliphatic rings. The summed E-state index contributed by atoms with van der Waals surface area (Å²) in [4.78, 5) is 12.9. The molecule has 0 saturated carbocycles. The van der Waals surface area contributed by atoms with E-state index in [1.807, 2.05) is 6.92 Å². The Morgan fingerprint density at radius 3 is 2.59 bits per heavy atom. The van der Waals surface area contributed by atoms with Crippen molar-refractivity contribution in [2.75, 3.05) is 25.4 Å². The molecule has 1 rings (SSSR count). The number of carboxylic acid groups (broad SMARTS) is 1. The van der Waals surface area contributed by atoms with E-state index in [1.54, 1.807) is 4.90 Å². The lowest BCUT2D eigenvalue weighted by molar-refractivity contribution is -0.148. The van der Waals surface area contributed by atoms with Crippen molar-refractivity contribution in [1.29, 1.82) is 0 Å². The fraction of sp³-hybridized carbons (Fsp3) is 0.900. The van der Waals surface area contributed by atoms with E-state index >= 15 is 0 Å². The molecular weight excluding hydrogens is 255 g/mol. The number of hydrogen-bond donors (Lipinski definition) is 1. The fourth-order valence-corrected chi connectivity index (χ4v) is 2.63. The standard InChI is InChI=1S/C10H16F3NO2S/c1-2-9(8(15)16)3-4-14(7-9)5-6-17-10(11,12)13/h2-7H2,1H3,(H,15,16). The van der Waals surface area contributed by atoms with Crippen molar-refractivity contribution in [3.05, 3.63) is 0 Å². The summed E-state index contributed by atoms with van der Waals surface area (Å²) in [6, 6.07) is 0. The van der Waals surface area contributed by atoms with Gasteiger partial charge in [-0.25, -0.2) is 0 Å². The first kappa shape index (κ1) is 14.6. The molecule has 3 nitrogen and oxygen atoms in total. The monoisotopic (exact) mass is 271 g/mol. The van der Waals surface area contributed by atoms with Gasteiger partial charge in [-0.05, 0) is 31.1 Å². The lowest BCUT2D eigenvalue weighted by Gasteiger charge is -2.23. The van der Waals surface area contributed by atoms with Crippen LogP contribution in [0.15, 0.2) is 0 Å². The first-order valence-electron chi connectivity index (χ1n) is 5.45. The van der Waals surface area contributed by atoms with Gasteiger partial charge in [0.15, 0.2) is 0 Å². The van der Waals surface area contributed by atoms with Crippen LogP contribution in [0.1, 0.15) is 19.8 Å². The van der Waals surface area contributed by atoms with Crippen LogP contribution in [0.3, 0.4) is 0 Å². The third kappa shape index (κ3) is 4.06. The summed E-state index contributed by atoms with van der Waals surface area (Å²) < 4.78 is 35.8. The predicted molar refractivity (Wildman–Crippen MR) is 59.9 cm³/mol. The van der Waals surface area contributed by atoms with Gasteiger partial charge in [-0.1, -0.05) is 6.92 Å². The Morgan fingerprint density at radius 1 is 1.53 bits per heavy atom. The van der Waals surface area contributed by atoms with Gasteiger partial charge in [-0.15, -0.1) is 0 Å². The number of carbonyl (C=O) groups is 1. The van der Waals surface area contributed by atoms with Crippen molar-refractivity contribution in [2.24, 2.45) is 5.41 Å². The number of halogens is 3. The number of likely N-dealkylation sites (tertiary alicyclic amines) is 1. The molecular formula is C10H16F3NO2S. The number of aliphatic carboxylic acids is 1. The molecule has 1 atom stereocenters. The Bertz CT molecular complexity index is 285. The third-order valence-corrected chi connectivity index (χ3v) is 3.95. The number of hydrogen-bond acceptors (Lipinski definition) is 3. The van der Waals surface area contributed by atoms with Gasteiger partial charge in [-0.3, -0.25) is 4.79 Å². The second kappa shape index (κ2) is 5.48. The predicted octanol–water partition coefficient (Wildman–Crippen LogP) is 2.43. The quantitative estimate of drug-likeness (QED) is 0.833. The molecule has 0 aromatic rings. The molecule has 1 unspecified atom stereocenters. The first-order valence-corrected chi connectivity index (χ1v) is 6.44. The Morgan fingerprint density at radius 2 is 2.18 bits per heavy atom. The summed E-state index contributed by atoms with van der Waals surface area (Å²) in [5, 5.41) is 9.12. The average molecular weight is 271 g/mol. The molecule has 1 fully saturated rings. The minimum Gasteiger partial charge on any atom is -0.481 e. The van der Waals surface area contributed by atoms with Gasteiger partial charge in [0, 0.05) is 18.8 Å². The van der Waals surface area contributed by atoms with Crippen molar-refractivity contribution < 1.29 is 23.1 Å². The summed E-state index contributed by atoms with van der Waals surface area (Å²) in [5.41, 5.74) is -4.96. The van der Waals surface area contributed by atoms with Crippen molar-refractivity contribution >= 4 is 17.7 Å². The van der Waals surface area contributed by atoms with E-state index < -0.39 is 16.9 Å². The molecule has 17 heavy (non-hydrogen) atoms. The van der Waals surface area contributed by atoms with Crippen LogP contribution in [0.25, 0.3) is 0 Å². The zero-order valence-electron chi connectivity index (χ0n) is 9.59. The Labute approximate surface area is 102 Å². The van der Waals surface area contributed by atoms with Crippen molar-refractivity contribution in [1.82, 2.24) is 4.90 Å². The maximum atomic E-state index is 11.9. The van der Waals surface area contributed by atoms with Crippen molar-refractivity contribution in [2.45, 2.75) is 25.3 Å². The molecule has 0 spiro atoms. The fourth-order valence-electron chi connectivity index (χ4n) is 2.05. The highest BCUT2D eigenvalue weighted by atomic mass is 32.2. The largest absolute Gasteiger partial charge is 0.481 e. The van der Waals surface area contributed by atoms with Crippen LogP contribution in [-0.2, 0) is 4.79 Å². The average Bonchev–Trinajstić information content (AvgIpc) is 2.61. The second-order valence-corrected chi connectivity index (χ2v) is 5.42. The van der Waals surface area contributed by atoms with Gasteiger partial charge in [0.2, 0.25) is 0 Å². The van der Waals surface area contributed by atoms with E-state index in [0.717, 1.165) is 0 Å². The van der Waals surface area contributed by atoms with Gasteiger partial charge >= 0.3 is 11.5 Å². The van der Waals surface area contributed by atoms with Gasteiger partial charge in [0.25, 0.3) is 0 Å². The number of alkyl halides is 3. The molecule has 1 saturated heterocycles. The molecule has 100 valence electrons. The lowest BCUT2D eigenvalue weighted by atomic mass is 9.84. The van der Waals surface area contributed by atoms with Crippen LogP contribution in [-0.4, -0.2) is 46.9 Å². The maximum absolute atomic E-state index is 11.9. The van der Waals surface area contributed by atoms with Crippen molar-refractivity contribution in [3.63, 3.8) is 0 Å². The summed E-state index contributed by atoms with van der Waals surface area (Å²) in [5.74, 6) is -0.880. The second-order valence-electron chi connectivity index (χ2n) is 4.26.